The van der Waals surface area contributed by atoms with Gasteiger partial charge in [0.15, 0.2) is 5.58 Å². The van der Waals surface area contributed by atoms with Crippen LogP contribution in [0.2, 0.25) is 5.02 Å². The van der Waals surface area contributed by atoms with Crippen LogP contribution in [0.5, 0.6) is 0 Å². The van der Waals surface area contributed by atoms with E-state index in [1.54, 1.807) is 12.1 Å². The molecule has 1 amide bonds. The highest BCUT2D eigenvalue weighted by molar-refractivity contribution is 6.31. The molecule has 4 rings (SSSR count). The zero-order valence-corrected chi connectivity index (χ0v) is 14.8. The van der Waals surface area contributed by atoms with E-state index in [1.807, 2.05) is 6.07 Å². The monoisotopic (exact) mass is 363 g/mol. The molecule has 2 fully saturated rings. The maximum absolute atomic E-state index is 12.6. The molecule has 2 aliphatic rings. The summed E-state index contributed by atoms with van der Waals surface area (Å²) in [6, 6.07) is 6.22. The minimum atomic E-state index is -0.0322. The number of ether oxygens (including phenoxy) is 1. The number of carbonyl (C=O) groups is 1. The van der Waals surface area contributed by atoms with Crippen molar-refractivity contribution in [1.29, 1.82) is 0 Å². The van der Waals surface area contributed by atoms with E-state index in [-0.39, 0.29) is 17.9 Å². The van der Waals surface area contributed by atoms with E-state index in [0.717, 1.165) is 51.0 Å². The average molecular weight is 364 g/mol. The van der Waals surface area contributed by atoms with Gasteiger partial charge in [0.25, 0.3) is 6.01 Å². The van der Waals surface area contributed by atoms with Gasteiger partial charge in [-0.3, -0.25) is 4.79 Å². The van der Waals surface area contributed by atoms with Crippen molar-refractivity contribution in [3.05, 3.63) is 23.2 Å². The van der Waals surface area contributed by atoms with Crippen molar-refractivity contribution in [2.24, 2.45) is 5.92 Å². The Labute approximate surface area is 151 Å². The molecule has 0 radical (unpaired) electrons. The highest BCUT2D eigenvalue weighted by Gasteiger charge is 2.29. The molecule has 0 saturated carbocycles. The number of oxazole rings is 1. The van der Waals surface area contributed by atoms with Gasteiger partial charge in [0.05, 0.1) is 5.92 Å². The Morgan fingerprint density at radius 1 is 1.28 bits per heavy atom. The first-order chi connectivity index (χ1) is 12.2. The SMILES string of the molecule is O=C(NC1CCOCC1)C1CCCN(c2nc3cc(Cl)ccc3o2)C1. The Bertz CT molecular complexity index is 757. The molecule has 0 aliphatic carbocycles. The maximum atomic E-state index is 12.6. The molecule has 1 unspecified atom stereocenters. The Hall–Kier alpha value is -1.79. The molecular formula is C18H22ClN3O3. The summed E-state index contributed by atoms with van der Waals surface area (Å²) in [5.41, 5.74) is 1.46. The largest absolute Gasteiger partial charge is 0.423 e. The normalized spacial score (nSPS) is 22.3. The Morgan fingerprint density at radius 3 is 2.96 bits per heavy atom. The number of anilines is 1. The minimum absolute atomic E-state index is 0.0322. The fourth-order valence-corrected chi connectivity index (χ4v) is 3.72. The lowest BCUT2D eigenvalue weighted by Crippen LogP contribution is -2.47. The fraction of sp³-hybridized carbons (Fsp3) is 0.556. The molecule has 2 aliphatic heterocycles. The number of aromatic nitrogens is 1. The minimum Gasteiger partial charge on any atom is -0.423 e. The number of halogens is 1. The first kappa shape index (κ1) is 16.7. The first-order valence-electron chi connectivity index (χ1n) is 8.88. The molecule has 3 heterocycles. The molecule has 134 valence electrons. The Kier molecular flexibility index (Phi) is 4.81. The lowest BCUT2D eigenvalue weighted by molar-refractivity contribution is -0.126. The summed E-state index contributed by atoms with van der Waals surface area (Å²) in [5.74, 6) is 0.103. The predicted octanol–water partition coefficient (Wildman–Crippen LogP) is 2.99. The maximum Gasteiger partial charge on any atom is 0.298 e. The van der Waals surface area contributed by atoms with Crippen molar-refractivity contribution in [2.75, 3.05) is 31.2 Å². The molecule has 0 spiro atoms. The Balaban J connectivity index is 1.43. The number of benzene rings is 1. The molecule has 0 bridgehead atoms. The third-order valence-electron chi connectivity index (χ3n) is 4.97. The highest BCUT2D eigenvalue weighted by atomic mass is 35.5. The van der Waals surface area contributed by atoms with Crippen LogP contribution in [0.1, 0.15) is 25.7 Å². The highest BCUT2D eigenvalue weighted by Crippen LogP contribution is 2.28. The number of nitrogens with one attached hydrogen (secondary N) is 1. The fourth-order valence-electron chi connectivity index (χ4n) is 3.55. The van der Waals surface area contributed by atoms with Crippen molar-refractivity contribution in [2.45, 2.75) is 31.7 Å². The summed E-state index contributed by atoms with van der Waals surface area (Å²) in [6.07, 6.45) is 3.64. The van der Waals surface area contributed by atoms with Crippen molar-refractivity contribution in [1.82, 2.24) is 10.3 Å². The van der Waals surface area contributed by atoms with Gasteiger partial charge in [0, 0.05) is 37.4 Å². The van der Waals surface area contributed by atoms with Crippen LogP contribution >= 0.6 is 11.6 Å². The van der Waals surface area contributed by atoms with Crippen molar-refractivity contribution < 1.29 is 13.9 Å². The van der Waals surface area contributed by atoms with Crippen LogP contribution in [0.3, 0.4) is 0 Å². The third-order valence-corrected chi connectivity index (χ3v) is 5.20. The summed E-state index contributed by atoms with van der Waals surface area (Å²) in [5, 5.41) is 3.82. The lowest BCUT2D eigenvalue weighted by Gasteiger charge is -2.32. The zero-order chi connectivity index (χ0) is 17.2. The van der Waals surface area contributed by atoms with E-state index in [1.165, 1.54) is 0 Å². The smallest absolute Gasteiger partial charge is 0.298 e. The van der Waals surface area contributed by atoms with Gasteiger partial charge in [0.1, 0.15) is 5.52 Å². The van der Waals surface area contributed by atoms with E-state index in [9.17, 15) is 4.79 Å². The number of amides is 1. The van der Waals surface area contributed by atoms with Gasteiger partial charge < -0.3 is 19.4 Å². The van der Waals surface area contributed by atoms with Crippen molar-refractivity contribution in [3.63, 3.8) is 0 Å². The van der Waals surface area contributed by atoms with E-state index < -0.39 is 0 Å². The van der Waals surface area contributed by atoms with Crippen LogP contribution in [-0.2, 0) is 9.53 Å². The molecule has 1 aromatic carbocycles. The first-order valence-corrected chi connectivity index (χ1v) is 9.26. The van der Waals surface area contributed by atoms with E-state index in [2.05, 4.69) is 15.2 Å². The zero-order valence-electron chi connectivity index (χ0n) is 14.0. The quantitative estimate of drug-likeness (QED) is 0.908. The molecule has 1 atom stereocenters. The molecule has 2 saturated heterocycles. The molecular weight excluding hydrogens is 342 g/mol. The van der Waals surface area contributed by atoms with Gasteiger partial charge >= 0.3 is 0 Å². The van der Waals surface area contributed by atoms with E-state index in [4.69, 9.17) is 20.8 Å². The Morgan fingerprint density at radius 2 is 2.12 bits per heavy atom. The van der Waals surface area contributed by atoms with Gasteiger partial charge in [-0.05, 0) is 43.9 Å². The molecule has 1 aromatic heterocycles. The van der Waals surface area contributed by atoms with Crippen LogP contribution in [0.15, 0.2) is 22.6 Å². The van der Waals surface area contributed by atoms with Crippen LogP contribution in [-0.4, -0.2) is 43.2 Å². The molecule has 6 nitrogen and oxygen atoms in total. The summed E-state index contributed by atoms with van der Waals surface area (Å²) in [7, 11) is 0. The number of hydrogen-bond acceptors (Lipinski definition) is 5. The number of fused-ring (bicyclic) bond motifs is 1. The number of rotatable bonds is 3. The summed E-state index contributed by atoms with van der Waals surface area (Å²) < 4.78 is 11.2. The summed E-state index contributed by atoms with van der Waals surface area (Å²) in [4.78, 5) is 19.2. The summed E-state index contributed by atoms with van der Waals surface area (Å²) >= 11 is 6.01. The summed E-state index contributed by atoms with van der Waals surface area (Å²) in [6.45, 7) is 2.94. The van der Waals surface area contributed by atoms with Crippen molar-refractivity contribution in [3.8, 4) is 0 Å². The van der Waals surface area contributed by atoms with Crippen LogP contribution in [0.4, 0.5) is 6.01 Å². The predicted molar refractivity (Wildman–Crippen MR) is 95.9 cm³/mol. The van der Waals surface area contributed by atoms with E-state index >= 15 is 0 Å². The second kappa shape index (κ2) is 7.22. The topological polar surface area (TPSA) is 67.6 Å². The van der Waals surface area contributed by atoms with Crippen molar-refractivity contribution >= 4 is 34.6 Å². The number of carbonyl (C=O) groups excluding carboxylic acids is 1. The molecule has 1 N–H and O–H groups in total. The second-order valence-corrected chi connectivity index (χ2v) is 7.23. The van der Waals surface area contributed by atoms with E-state index in [0.29, 0.717) is 23.2 Å². The van der Waals surface area contributed by atoms with Crippen LogP contribution in [0, 0.1) is 5.92 Å². The van der Waals surface area contributed by atoms with Crippen LogP contribution in [0.25, 0.3) is 11.1 Å². The number of piperidine rings is 1. The van der Waals surface area contributed by atoms with Crippen LogP contribution < -0.4 is 10.2 Å². The lowest BCUT2D eigenvalue weighted by atomic mass is 9.96. The number of hydrogen-bond donors (Lipinski definition) is 1. The van der Waals surface area contributed by atoms with Gasteiger partial charge in [-0.2, -0.15) is 4.98 Å². The molecule has 2 aromatic rings. The number of nitrogens with zero attached hydrogens (tertiary/aromatic N) is 2. The standard InChI is InChI=1S/C18H22ClN3O3/c19-13-3-4-16-15(10-13)21-18(25-16)22-7-1-2-12(11-22)17(23)20-14-5-8-24-9-6-14/h3-4,10,12,14H,1-2,5-9,11H2,(H,20,23). The van der Waals surface area contributed by atoms with Gasteiger partial charge in [-0.15, -0.1) is 0 Å². The second-order valence-electron chi connectivity index (χ2n) is 6.79. The van der Waals surface area contributed by atoms with Gasteiger partial charge in [-0.25, -0.2) is 0 Å². The molecule has 25 heavy (non-hydrogen) atoms. The third kappa shape index (κ3) is 3.75. The molecule has 7 heteroatoms. The average Bonchev–Trinajstić information content (AvgIpc) is 3.06. The van der Waals surface area contributed by atoms with Gasteiger partial charge in [0.2, 0.25) is 5.91 Å². The van der Waals surface area contributed by atoms with Gasteiger partial charge in [-0.1, -0.05) is 11.6 Å².